The third kappa shape index (κ3) is 30.2. The number of halogens is 4. The number of amides is 11. The Morgan fingerprint density at radius 1 is 0.528 bits per heavy atom. The van der Waals surface area contributed by atoms with Crippen LogP contribution in [0.15, 0.2) is 48.6 Å². The molecule has 0 aliphatic carbocycles. The predicted octanol–water partition coefficient (Wildman–Crippen LogP) is -1.27. The second kappa shape index (κ2) is 35.6. The maximum absolute atomic E-state index is 11.5. The van der Waals surface area contributed by atoms with E-state index in [1.807, 2.05) is 0 Å². The number of aliphatic carboxylic acids is 1. The van der Waals surface area contributed by atoms with Crippen molar-refractivity contribution in [2.75, 3.05) is 58.9 Å². The third-order valence-corrected chi connectivity index (χ3v) is 8.04. The lowest BCUT2D eigenvalue weighted by Crippen LogP contribution is -2.39. The van der Waals surface area contributed by atoms with Crippen LogP contribution in [0.4, 0.5) is 13.2 Å². The summed E-state index contributed by atoms with van der Waals surface area (Å²) in [7, 11) is 0. The summed E-state index contributed by atoms with van der Waals surface area (Å²) >= 11 is 0. The van der Waals surface area contributed by atoms with Gasteiger partial charge in [0.2, 0.25) is 17.7 Å². The molecule has 0 aromatic heterocycles. The van der Waals surface area contributed by atoms with Crippen molar-refractivity contribution in [1.82, 2.24) is 35.6 Å². The molecule has 0 saturated heterocycles. The van der Waals surface area contributed by atoms with Crippen LogP contribution in [0.5, 0.6) is 0 Å². The molecule has 0 radical (unpaired) electrons. The topological polar surface area (TPSA) is 370 Å². The van der Waals surface area contributed by atoms with Crippen LogP contribution >= 0.6 is 12.4 Å². The number of carboxylic acids is 1. The summed E-state index contributed by atoms with van der Waals surface area (Å²) in [5.41, 5.74) is 9.64. The van der Waals surface area contributed by atoms with Crippen molar-refractivity contribution >= 4 is 95.1 Å². The molecular weight excluding hydrogens is 991 g/mol. The molecule has 0 saturated carbocycles. The standard InChI is InChI=1S/C14H20N2O5.C11H14N2O4.C8H11N3O3.C6H8N2O2.C2HF3O2.2CH4.ClH/c1-14(2,3)21-13(20)7-4-10(17)15-8-9-16-11(18)5-6-12(16)19;1-8(14)2-3-9(15)12-6-7-13-10(16)4-5-11(13)17;9-5-6(12)10-3-4-11-7(13)1-2-8(11)14;7-3-4-8-5(9)1-2-6(8)10;3-2(4,5)1(6)7;;;/h5-6H,4,7-9H2,1-3H3,(H,15,17);4-5H,2-3,6-7H2,1H3,(H,12,15);1-2H,3-5,9H2,(H,10,12);1-2H,3-4,7H2;(H,6,7);2*1H4;1H. The molecule has 0 spiro atoms. The Morgan fingerprint density at radius 3 is 1.03 bits per heavy atom. The monoisotopic (exact) mass is 1050 g/mol. The zero-order valence-corrected chi connectivity index (χ0v) is 39.2. The van der Waals surface area contributed by atoms with Gasteiger partial charge in [0.25, 0.3) is 47.3 Å². The van der Waals surface area contributed by atoms with Gasteiger partial charge in [0, 0.05) is 120 Å². The highest BCUT2D eigenvalue weighted by Gasteiger charge is 2.38. The van der Waals surface area contributed by atoms with Gasteiger partial charge in [-0.1, -0.05) is 14.9 Å². The third-order valence-electron chi connectivity index (χ3n) is 8.04. The van der Waals surface area contributed by atoms with Gasteiger partial charge >= 0.3 is 18.1 Å². The summed E-state index contributed by atoms with van der Waals surface area (Å²) in [5.74, 6) is -6.88. The quantitative estimate of drug-likeness (QED) is 0.0688. The van der Waals surface area contributed by atoms with Crippen LogP contribution in [0.2, 0.25) is 0 Å². The molecule has 8 N–H and O–H groups in total. The number of carbonyl (C=O) groups is 14. The molecule has 0 unspecified atom stereocenters. The number of imide groups is 4. The smallest absolute Gasteiger partial charge is 0.475 e. The second-order valence-electron chi connectivity index (χ2n) is 14.8. The maximum atomic E-state index is 11.5. The maximum Gasteiger partial charge on any atom is 0.490 e. The van der Waals surface area contributed by atoms with E-state index in [2.05, 4.69) is 16.0 Å². The molecule has 0 fully saturated rings. The van der Waals surface area contributed by atoms with Gasteiger partial charge in [-0.05, 0) is 27.7 Å². The first-order valence-corrected chi connectivity index (χ1v) is 20.4. The van der Waals surface area contributed by atoms with Crippen molar-refractivity contribution in [2.24, 2.45) is 11.5 Å². The van der Waals surface area contributed by atoms with Crippen molar-refractivity contribution in [1.29, 1.82) is 0 Å². The molecule has 0 bridgehead atoms. The van der Waals surface area contributed by atoms with Gasteiger partial charge in [-0.25, -0.2) is 4.79 Å². The Labute approximate surface area is 419 Å². The van der Waals surface area contributed by atoms with Gasteiger partial charge in [-0.2, -0.15) is 13.2 Å². The van der Waals surface area contributed by atoms with E-state index in [9.17, 15) is 75.5 Å². The number of alkyl halides is 3. The van der Waals surface area contributed by atoms with Gasteiger partial charge < -0.3 is 42.1 Å². The predicted molar refractivity (Wildman–Crippen MR) is 250 cm³/mol. The minimum Gasteiger partial charge on any atom is -0.475 e. The van der Waals surface area contributed by atoms with Crippen LogP contribution in [0, 0.1) is 0 Å². The molecule has 4 aliphatic heterocycles. The zero-order valence-electron chi connectivity index (χ0n) is 38.4. The number of rotatable bonds is 18. The fourth-order valence-electron chi connectivity index (χ4n) is 4.80. The number of esters is 1. The second-order valence-corrected chi connectivity index (χ2v) is 14.8. The Hall–Kier alpha value is -7.46. The number of hydrogen-bond donors (Lipinski definition) is 6. The number of ketones is 1. The van der Waals surface area contributed by atoms with Crippen molar-refractivity contribution in [3.8, 4) is 0 Å². The van der Waals surface area contributed by atoms with E-state index in [1.54, 1.807) is 20.8 Å². The first-order chi connectivity index (χ1) is 32.0. The SMILES string of the molecule is C.C.CC(=O)CCC(=O)NCCN1C(=O)C=CC1=O.CC(C)(C)OC(=O)CCC(=O)NCCN1C(=O)C=CC1=O.Cl.NCC(=O)NCCN1C(=O)C=CC1=O.NCCN1C(=O)C=CC1=O.O=C(O)C(F)(F)F. The molecule has 29 heteroatoms. The fraction of sp³-hybridized carbons (Fsp3) is 0.488. The Balaban J connectivity index is -0.000000413. The average molecular weight is 1050 g/mol. The van der Waals surface area contributed by atoms with E-state index in [0.29, 0.717) is 13.1 Å². The number of carbonyl (C=O) groups excluding carboxylic acids is 13. The van der Waals surface area contributed by atoms with E-state index in [0.717, 1.165) is 19.6 Å². The minimum absolute atomic E-state index is 0. The Morgan fingerprint density at radius 2 is 0.792 bits per heavy atom. The molecule has 0 atom stereocenters. The van der Waals surface area contributed by atoms with Gasteiger partial charge in [-0.15, -0.1) is 12.4 Å². The highest BCUT2D eigenvalue weighted by atomic mass is 35.5. The molecule has 0 aromatic rings. The summed E-state index contributed by atoms with van der Waals surface area (Å²) < 4.78 is 36.8. The van der Waals surface area contributed by atoms with E-state index < -0.39 is 23.7 Å². The molecule has 11 amide bonds. The lowest BCUT2D eigenvalue weighted by molar-refractivity contribution is -0.192. The van der Waals surface area contributed by atoms with E-state index in [-0.39, 0.29) is 170 Å². The van der Waals surface area contributed by atoms with Crippen LogP contribution in [0.25, 0.3) is 0 Å². The Bertz CT molecular complexity index is 2030. The van der Waals surface area contributed by atoms with Gasteiger partial charge in [-0.3, -0.25) is 77.1 Å². The molecular formula is C43H63ClF3N9O16. The molecule has 0 aromatic carbocycles. The van der Waals surface area contributed by atoms with Crippen LogP contribution in [-0.2, 0) is 71.9 Å². The van der Waals surface area contributed by atoms with Gasteiger partial charge in [0.15, 0.2) is 0 Å². The largest absolute Gasteiger partial charge is 0.490 e. The molecule has 4 rings (SSSR count). The average Bonchev–Trinajstić information content (AvgIpc) is 3.97. The van der Waals surface area contributed by atoms with Gasteiger partial charge in [0.1, 0.15) is 11.4 Å². The number of hydrogen-bond acceptors (Lipinski definition) is 17. The lowest BCUT2D eigenvalue weighted by Gasteiger charge is -2.19. The van der Waals surface area contributed by atoms with Crippen LogP contribution in [0.3, 0.4) is 0 Å². The van der Waals surface area contributed by atoms with Crippen molar-refractivity contribution in [3.05, 3.63) is 48.6 Å². The molecule has 25 nitrogen and oxygen atoms in total. The number of nitrogens with zero attached hydrogens (tertiary/aromatic N) is 4. The molecule has 72 heavy (non-hydrogen) atoms. The van der Waals surface area contributed by atoms with E-state index in [4.69, 9.17) is 26.1 Å². The van der Waals surface area contributed by atoms with Crippen molar-refractivity contribution in [2.45, 2.75) is 80.0 Å². The van der Waals surface area contributed by atoms with Crippen LogP contribution < -0.4 is 27.4 Å². The van der Waals surface area contributed by atoms with E-state index in [1.165, 1.54) is 55.5 Å². The van der Waals surface area contributed by atoms with Crippen molar-refractivity contribution in [3.63, 3.8) is 0 Å². The summed E-state index contributed by atoms with van der Waals surface area (Å²) in [4.78, 5) is 157. The number of carboxylic acid groups (broad SMARTS) is 1. The first kappa shape index (κ1) is 71.1. The van der Waals surface area contributed by atoms with E-state index >= 15 is 0 Å². The molecule has 404 valence electrons. The number of nitrogens with two attached hydrogens (primary N) is 2. The lowest BCUT2D eigenvalue weighted by atomic mass is 10.2. The van der Waals surface area contributed by atoms with Crippen molar-refractivity contribution < 1.29 is 90.1 Å². The fourth-order valence-corrected chi connectivity index (χ4v) is 4.80. The summed E-state index contributed by atoms with van der Waals surface area (Å²) in [5, 5.41) is 14.7. The zero-order chi connectivity index (χ0) is 53.1. The first-order valence-electron chi connectivity index (χ1n) is 20.4. The minimum atomic E-state index is -5.08. The highest BCUT2D eigenvalue weighted by molar-refractivity contribution is 6.14. The highest BCUT2D eigenvalue weighted by Crippen LogP contribution is 2.13. The van der Waals surface area contributed by atoms with Crippen LogP contribution in [-0.4, -0.2) is 178 Å². The summed E-state index contributed by atoms with van der Waals surface area (Å²) in [6.07, 6.45) is 4.92. The molecule has 4 heterocycles. The summed E-state index contributed by atoms with van der Waals surface area (Å²) in [6.45, 7) is 8.24. The van der Waals surface area contributed by atoms with Crippen LogP contribution in [0.1, 0.15) is 68.2 Å². The summed E-state index contributed by atoms with van der Waals surface area (Å²) in [6, 6.07) is 0. The number of Topliss-reactive ketones (excluding diaryl/α,β-unsaturated/α-hetero) is 1. The number of nitrogens with one attached hydrogen (secondary N) is 3. The Kier molecular flexibility index (Phi) is 35.2. The molecule has 4 aliphatic rings. The van der Waals surface area contributed by atoms with Gasteiger partial charge in [0.05, 0.1) is 13.0 Å². The normalized spacial score (nSPS) is 14.0. The number of ether oxygens (including phenoxy) is 1.